The van der Waals surface area contributed by atoms with Gasteiger partial charge in [0.15, 0.2) is 9.75 Å². The lowest BCUT2D eigenvalue weighted by molar-refractivity contribution is 0.638. The van der Waals surface area contributed by atoms with Gasteiger partial charge in [0.2, 0.25) is 0 Å². The third-order valence-electron chi connectivity index (χ3n) is 1.92. The molecule has 0 fully saturated rings. The first-order chi connectivity index (χ1) is 7.47. The van der Waals surface area contributed by atoms with E-state index in [9.17, 15) is 0 Å². The molecular formula is C10H13BrN4S. The van der Waals surface area contributed by atoms with Gasteiger partial charge < -0.3 is 4.90 Å². The summed E-state index contributed by atoms with van der Waals surface area (Å²) in [5.41, 5.74) is 1.41. The predicted molar refractivity (Wildman–Crippen MR) is 70.6 cm³/mol. The van der Waals surface area contributed by atoms with E-state index in [1.165, 1.54) is 11.5 Å². The molecule has 0 atom stereocenters. The lowest BCUT2D eigenvalue weighted by atomic mass is 10.1. The number of halogens is 1. The Kier molecular flexibility index (Phi) is 4.44. The van der Waals surface area contributed by atoms with Crippen molar-refractivity contribution in [1.82, 2.24) is 9.27 Å². The highest BCUT2D eigenvalue weighted by atomic mass is 79.9. The molecule has 0 amide bonds. The number of hydrogen-bond acceptors (Lipinski definition) is 4. The van der Waals surface area contributed by atoms with Crippen LogP contribution in [0.5, 0.6) is 0 Å². The molecule has 0 radical (unpaired) electrons. The molecule has 1 rings (SSSR count). The fourth-order valence-corrected chi connectivity index (χ4v) is 2.20. The minimum absolute atomic E-state index is 0.244. The van der Waals surface area contributed by atoms with Crippen molar-refractivity contribution in [1.29, 1.82) is 5.26 Å². The van der Waals surface area contributed by atoms with Crippen LogP contribution in [0.2, 0.25) is 0 Å². The first-order valence-electron chi connectivity index (χ1n) is 4.78. The lowest BCUT2D eigenvalue weighted by Gasteiger charge is -2.08. The molecule has 6 heteroatoms. The van der Waals surface area contributed by atoms with Gasteiger partial charge >= 0.3 is 0 Å². The number of nitriles is 1. The van der Waals surface area contributed by atoms with Gasteiger partial charge in [-0.2, -0.15) is 9.64 Å². The Morgan fingerprint density at radius 2 is 2.19 bits per heavy atom. The van der Waals surface area contributed by atoms with E-state index in [2.05, 4.69) is 31.4 Å². The summed E-state index contributed by atoms with van der Waals surface area (Å²) >= 11 is 4.59. The summed E-state index contributed by atoms with van der Waals surface area (Å²) in [6.45, 7) is 4.04. The van der Waals surface area contributed by atoms with Crippen molar-refractivity contribution in [3.05, 3.63) is 11.3 Å². The zero-order valence-corrected chi connectivity index (χ0v) is 12.1. The van der Waals surface area contributed by atoms with Crippen LogP contribution in [0.4, 0.5) is 5.00 Å². The molecule has 0 bridgehead atoms. The van der Waals surface area contributed by atoms with Crippen LogP contribution in [0.3, 0.4) is 0 Å². The minimum Gasteiger partial charge on any atom is -0.357 e. The quantitative estimate of drug-likeness (QED) is 0.479. The number of hydrogen-bond donors (Lipinski definition) is 0. The van der Waals surface area contributed by atoms with Crippen molar-refractivity contribution in [3.63, 3.8) is 0 Å². The molecule has 1 aromatic rings. The lowest BCUT2D eigenvalue weighted by Crippen LogP contribution is -2.14. The second-order valence-electron chi connectivity index (χ2n) is 3.79. The standard InChI is InChI=1S/C10H13BrN4S/c1-6(2)8-7(5-12)9(16-14-8)13-10(11)15(3)4/h6H,1-4H3/b13-10+. The van der Waals surface area contributed by atoms with Gasteiger partial charge in [0.25, 0.3) is 0 Å². The molecule has 0 spiro atoms. The van der Waals surface area contributed by atoms with Gasteiger partial charge in [-0.1, -0.05) is 13.8 Å². The van der Waals surface area contributed by atoms with Gasteiger partial charge in [0.1, 0.15) is 11.6 Å². The summed E-state index contributed by atoms with van der Waals surface area (Å²) in [5, 5.41) is 9.77. The van der Waals surface area contributed by atoms with E-state index < -0.39 is 0 Å². The average Bonchev–Trinajstić information content (AvgIpc) is 2.60. The van der Waals surface area contributed by atoms with Gasteiger partial charge in [-0.3, -0.25) is 0 Å². The molecule has 0 aliphatic carbocycles. The predicted octanol–water partition coefficient (Wildman–Crippen LogP) is 3.08. The molecule has 0 unspecified atom stereocenters. The van der Waals surface area contributed by atoms with Gasteiger partial charge in [0.05, 0.1) is 5.69 Å². The van der Waals surface area contributed by atoms with E-state index in [4.69, 9.17) is 5.26 Å². The molecule has 0 N–H and O–H groups in total. The SMILES string of the molecule is CC(C)c1nsc(/N=C(\Br)N(C)C)c1C#N. The first-order valence-corrected chi connectivity index (χ1v) is 6.35. The maximum Gasteiger partial charge on any atom is 0.173 e. The Labute approximate surface area is 108 Å². The summed E-state index contributed by atoms with van der Waals surface area (Å²) in [6.07, 6.45) is 0. The van der Waals surface area contributed by atoms with Crippen LogP contribution in [0.15, 0.2) is 4.99 Å². The van der Waals surface area contributed by atoms with Crippen molar-refractivity contribution in [2.24, 2.45) is 4.99 Å². The summed E-state index contributed by atoms with van der Waals surface area (Å²) in [5.74, 6) is 0.244. The molecule has 16 heavy (non-hydrogen) atoms. The molecule has 0 aromatic carbocycles. The Hall–Kier alpha value is -0.930. The summed E-state index contributed by atoms with van der Waals surface area (Å²) in [7, 11) is 3.76. The molecule has 1 aromatic heterocycles. The maximum absolute atomic E-state index is 9.11. The molecule has 0 saturated carbocycles. The van der Waals surface area contributed by atoms with E-state index in [1.807, 2.05) is 32.8 Å². The van der Waals surface area contributed by atoms with E-state index in [1.54, 1.807) is 0 Å². The van der Waals surface area contributed by atoms with Crippen LogP contribution >= 0.6 is 27.5 Å². The molecule has 86 valence electrons. The van der Waals surface area contributed by atoms with Gasteiger partial charge in [-0.15, -0.1) is 0 Å². The Balaban J connectivity index is 3.18. The van der Waals surface area contributed by atoms with Gasteiger partial charge in [-0.25, -0.2) is 4.99 Å². The number of aliphatic imine (C=N–C) groups is 1. The zero-order chi connectivity index (χ0) is 12.3. The monoisotopic (exact) mass is 300 g/mol. The van der Waals surface area contributed by atoms with Gasteiger partial charge in [0, 0.05) is 14.1 Å². The fraction of sp³-hybridized carbons (Fsp3) is 0.500. The smallest absolute Gasteiger partial charge is 0.173 e. The normalized spacial score (nSPS) is 11.7. The highest BCUT2D eigenvalue weighted by Gasteiger charge is 2.16. The highest BCUT2D eigenvalue weighted by Crippen LogP contribution is 2.31. The Morgan fingerprint density at radius 1 is 1.56 bits per heavy atom. The third kappa shape index (κ3) is 2.80. The number of nitrogens with zero attached hydrogens (tertiary/aromatic N) is 4. The topological polar surface area (TPSA) is 52.3 Å². The van der Waals surface area contributed by atoms with Crippen LogP contribution in [-0.2, 0) is 0 Å². The van der Waals surface area contributed by atoms with Crippen LogP contribution in [0.1, 0.15) is 31.0 Å². The maximum atomic E-state index is 9.11. The average molecular weight is 301 g/mol. The van der Waals surface area contributed by atoms with Crippen molar-refractivity contribution in [2.45, 2.75) is 19.8 Å². The second kappa shape index (κ2) is 5.41. The number of rotatable bonds is 2. The summed E-state index contributed by atoms with van der Waals surface area (Å²) < 4.78 is 4.95. The third-order valence-corrected chi connectivity index (χ3v) is 3.56. The van der Waals surface area contributed by atoms with Crippen LogP contribution in [0.25, 0.3) is 0 Å². The minimum atomic E-state index is 0.244. The molecule has 0 aliphatic rings. The van der Waals surface area contributed by atoms with Crippen molar-refractivity contribution in [3.8, 4) is 6.07 Å². The fourth-order valence-electron chi connectivity index (χ4n) is 1.05. The van der Waals surface area contributed by atoms with Crippen LogP contribution < -0.4 is 0 Å². The largest absolute Gasteiger partial charge is 0.357 e. The molecule has 0 saturated heterocycles. The highest BCUT2D eigenvalue weighted by molar-refractivity contribution is 9.18. The first kappa shape index (κ1) is 13.1. The molecular weight excluding hydrogens is 288 g/mol. The van der Waals surface area contributed by atoms with Crippen LogP contribution in [0, 0.1) is 11.3 Å². The summed E-state index contributed by atoms with van der Waals surface area (Å²) in [4.78, 5) is 6.15. The van der Waals surface area contributed by atoms with E-state index in [0.717, 1.165) is 5.69 Å². The number of amidine groups is 1. The van der Waals surface area contributed by atoms with Crippen LogP contribution in [-0.4, -0.2) is 28.1 Å². The van der Waals surface area contributed by atoms with E-state index in [0.29, 0.717) is 15.3 Å². The Morgan fingerprint density at radius 3 is 2.62 bits per heavy atom. The van der Waals surface area contributed by atoms with E-state index in [-0.39, 0.29) is 5.92 Å². The molecule has 4 nitrogen and oxygen atoms in total. The zero-order valence-electron chi connectivity index (χ0n) is 9.65. The van der Waals surface area contributed by atoms with Crippen molar-refractivity contribution < 1.29 is 0 Å². The van der Waals surface area contributed by atoms with E-state index >= 15 is 0 Å². The summed E-state index contributed by atoms with van der Waals surface area (Å²) in [6, 6.07) is 2.17. The van der Waals surface area contributed by atoms with Crippen molar-refractivity contribution >= 4 is 37.2 Å². The second-order valence-corrected chi connectivity index (χ2v) is 5.25. The Bertz CT molecular complexity index is 442. The van der Waals surface area contributed by atoms with Gasteiger partial charge in [-0.05, 0) is 33.4 Å². The number of aromatic nitrogens is 1. The molecule has 0 aliphatic heterocycles. The van der Waals surface area contributed by atoms with Crippen molar-refractivity contribution in [2.75, 3.05) is 14.1 Å². The molecule has 1 heterocycles.